The Balaban J connectivity index is 1.91. The van der Waals surface area contributed by atoms with Gasteiger partial charge in [0.05, 0.1) is 12.8 Å². The minimum atomic E-state index is -1.07. The van der Waals surface area contributed by atoms with Crippen LogP contribution in [-0.4, -0.2) is 37.5 Å². The summed E-state index contributed by atoms with van der Waals surface area (Å²) in [4.78, 5) is 36.6. The monoisotopic (exact) mass is 432 g/mol. The molecule has 8 heteroatoms. The summed E-state index contributed by atoms with van der Waals surface area (Å²) in [6, 6.07) is 8.66. The number of hydrogen-bond acceptors (Lipinski definition) is 5. The van der Waals surface area contributed by atoms with Crippen molar-refractivity contribution in [2.75, 3.05) is 19.0 Å². The molecule has 2 aromatic rings. The van der Waals surface area contributed by atoms with E-state index in [0.29, 0.717) is 22.0 Å². The number of halogens is 1. The van der Waals surface area contributed by atoms with E-state index in [4.69, 9.17) is 21.1 Å². The number of hydrogen-bond donors (Lipinski definition) is 2. The van der Waals surface area contributed by atoms with Crippen LogP contribution in [0.1, 0.15) is 34.0 Å². The van der Waals surface area contributed by atoms with Crippen molar-refractivity contribution in [3.05, 3.63) is 57.6 Å². The van der Waals surface area contributed by atoms with Crippen LogP contribution in [0.3, 0.4) is 0 Å². The lowest BCUT2D eigenvalue weighted by Gasteiger charge is -2.16. The number of ether oxygens (including phenoxy) is 2. The maximum absolute atomic E-state index is 12.4. The van der Waals surface area contributed by atoms with Crippen molar-refractivity contribution < 1.29 is 23.9 Å². The Morgan fingerprint density at radius 3 is 2.27 bits per heavy atom. The summed E-state index contributed by atoms with van der Waals surface area (Å²) < 4.78 is 10.3. The van der Waals surface area contributed by atoms with Gasteiger partial charge in [0, 0.05) is 16.7 Å². The lowest BCUT2D eigenvalue weighted by atomic mass is 10.1. The van der Waals surface area contributed by atoms with Gasteiger partial charge in [-0.25, -0.2) is 0 Å². The molecule has 0 fully saturated rings. The van der Waals surface area contributed by atoms with Gasteiger partial charge in [0.1, 0.15) is 12.3 Å². The first kappa shape index (κ1) is 23.2. The van der Waals surface area contributed by atoms with Crippen molar-refractivity contribution in [1.82, 2.24) is 5.32 Å². The van der Waals surface area contributed by atoms with E-state index in [1.54, 1.807) is 31.2 Å². The van der Waals surface area contributed by atoms with Crippen LogP contribution in [0.2, 0.25) is 5.02 Å². The van der Waals surface area contributed by atoms with Crippen molar-refractivity contribution >= 4 is 35.1 Å². The first-order valence-corrected chi connectivity index (χ1v) is 9.69. The molecule has 1 unspecified atom stereocenters. The number of rotatable bonds is 7. The lowest BCUT2D eigenvalue weighted by molar-refractivity contribution is -0.152. The predicted octanol–water partition coefficient (Wildman–Crippen LogP) is 3.57. The molecule has 160 valence electrons. The van der Waals surface area contributed by atoms with Gasteiger partial charge in [-0.15, -0.1) is 0 Å². The molecule has 7 nitrogen and oxygen atoms in total. The summed E-state index contributed by atoms with van der Waals surface area (Å²) in [6.07, 6.45) is -1.07. The molecule has 0 saturated carbocycles. The van der Waals surface area contributed by atoms with Crippen LogP contribution in [-0.2, 0) is 14.3 Å². The van der Waals surface area contributed by atoms with Crippen molar-refractivity contribution in [1.29, 1.82) is 0 Å². The van der Waals surface area contributed by atoms with Crippen LogP contribution in [0.4, 0.5) is 5.69 Å². The van der Waals surface area contributed by atoms with Crippen LogP contribution in [0, 0.1) is 20.8 Å². The number of esters is 1. The highest BCUT2D eigenvalue weighted by atomic mass is 35.5. The van der Waals surface area contributed by atoms with Crippen molar-refractivity contribution in [2.24, 2.45) is 0 Å². The summed E-state index contributed by atoms with van der Waals surface area (Å²) in [6.45, 7) is 6.64. The SMILES string of the molecule is COc1cc(Cl)c(C)cc1NC(=O)C(C)OC(=O)CNC(=O)c1cc(C)cc(C)c1. The summed E-state index contributed by atoms with van der Waals surface area (Å²) in [7, 11) is 1.46. The third-order valence-corrected chi connectivity index (χ3v) is 4.70. The van der Waals surface area contributed by atoms with E-state index in [-0.39, 0.29) is 6.54 Å². The number of amides is 2. The van der Waals surface area contributed by atoms with E-state index in [0.717, 1.165) is 16.7 Å². The largest absolute Gasteiger partial charge is 0.495 e. The maximum Gasteiger partial charge on any atom is 0.326 e. The smallest absolute Gasteiger partial charge is 0.326 e. The molecule has 2 aromatic carbocycles. The average molecular weight is 433 g/mol. The highest BCUT2D eigenvalue weighted by molar-refractivity contribution is 6.31. The molecule has 30 heavy (non-hydrogen) atoms. The molecule has 0 saturated heterocycles. The van der Waals surface area contributed by atoms with Crippen LogP contribution < -0.4 is 15.4 Å². The number of carbonyl (C=O) groups is 3. The van der Waals surface area contributed by atoms with Crippen molar-refractivity contribution in [3.8, 4) is 5.75 Å². The quantitative estimate of drug-likeness (QED) is 0.652. The number of carbonyl (C=O) groups excluding carboxylic acids is 3. The van der Waals surface area contributed by atoms with Gasteiger partial charge in [-0.1, -0.05) is 28.8 Å². The molecule has 0 bridgehead atoms. The number of aryl methyl sites for hydroxylation is 3. The maximum atomic E-state index is 12.4. The summed E-state index contributed by atoms with van der Waals surface area (Å²) in [5.74, 6) is -1.27. The molecular formula is C22H25ClN2O5. The van der Waals surface area contributed by atoms with E-state index >= 15 is 0 Å². The molecule has 0 spiro atoms. The van der Waals surface area contributed by atoms with E-state index in [1.165, 1.54) is 14.0 Å². The van der Waals surface area contributed by atoms with Gasteiger partial charge in [-0.2, -0.15) is 0 Å². The zero-order valence-electron chi connectivity index (χ0n) is 17.6. The van der Waals surface area contributed by atoms with Crippen molar-refractivity contribution in [3.63, 3.8) is 0 Å². The van der Waals surface area contributed by atoms with E-state index in [9.17, 15) is 14.4 Å². The van der Waals surface area contributed by atoms with Crippen LogP contribution in [0.5, 0.6) is 5.75 Å². The second-order valence-electron chi connectivity index (χ2n) is 6.98. The lowest BCUT2D eigenvalue weighted by Crippen LogP contribution is -2.36. The summed E-state index contributed by atoms with van der Waals surface area (Å²) >= 11 is 6.06. The fourth-order valence-electron chi connectivity index (χ4n) is 2.82. The molecule has 2 N–H and O–H groups in total. The number of benzene rings is 2. The van der Waals surface area contributed by atoms with E-state index in [2.05, 4.69) is 10.6 Å². The van der Waals surface area contributed by atoms with Crippen LogP contribution in [0.15, 0.2) is 30.3 Å². The van der Waals surface area contributed by atoms with Gasteiger partial charge in [0.15, 0.2) is 6.10 Å². The van der Waals surface area contributed by atoms with E-state index < -0.39 is 23.9 Å². The van der Waals surface area contributed by atoms with Gasteiger partial charge >= 0.3 is 5.97 Å². The molecule has 0 aliphatic rings. The molecule has 2 rings (SSSR count). The topological polar surface area (TPSA) is 93.7 Å². The third-order valence-electron chi connectivity index (χ3n) is 4.29. The summed E-state index contributed by atoms with van der Waals surface area (Å²) in [5, 5.41) is 5.65. The predicted molar refractivity (Wildman–Crippen MR) is 115 cm³/mol. The third kappa shape index (κ3) is 6.22. The molecule has 0 heterocycles. The van der Waals surface area contributed by atoms with Crippen LogP contribution in [0.25, 0.3) is 0 Å². The van der Waals surface area contributed by atoms with Crippen LogP contribution >= 0.6 is 11.6 Å². The molecule has 0 radical (unpaired) electrons. The molecule has 0 aromatic heterocycles. The molecule has 1 atom stereocenters. The number of methoxy groups -OCH3 is 1. The van der Waals surface area contributed by atoms with Gasteiger partial charge in [-0.3, -0.25) is 14.4 Å². The fraction of sp³-hybridized carbons (Fsp3) is 0.318. The molecule has 0 aliphatic carbocycles. The number of anilines is 1. The van der Waals surface area contributed by atoms with E-state index in [1.807, 2.05) is 19.9 Å². The minimum absolute atomic E-state index is 0.354. The van der Waals surface area contributed by atoms with Crippen molar-refractivity contribution in [2.45, 2.75) is 33.8 Å². The Bertz CT molecular complexity index is 954. The standard InChI is InChI=1S/C22H25ClN2O5/c1-12-6-13(2)8-16(7-12)22(28)24-11-20(26)30-15(4)21(27)25-18-9-14(3)17(23)10-19(18)29-5/h6-10,15H,11H2,1-5H3,(H,24,28)(H,25,27). The summed E-state index contributed by atoms with van der Waals surface area (Å²) in [5.41, 5.74) is 3.51. The van der Waals surface area contributed by atoms with Gasteiger partial charge in [0.25, 0.3) is 11.8 Å². The van der Waals surface area contributed by atoms with Gasteiger partial charge < -0.3 is 20.1 Å². The fourth-order valence-corrected chi connectivity index (χ4v) is 2.97. The zero-order chi connectivity index (χ0) is 22.4. The van der Waals surface area contributed by atoms with Gasteiger partial charge in [0.2, 0.25) is 0 Å². The highest BCUT2D eigenvalue weighted by Gasteiger charge is 2.20. The minimum Gasteiger partial charge on any atom is -0.495 e. The second-order valence-corrected chi connectivity index (χ2v) is 7.39. The molecule has 2 amide bonds. The normalized spacial score (nSPS) is 11.4. The number of nitrogens with one attached hydrogen (secondary N) is 2. The highest BCUT2D eigenvalue weighted by Crippen LogP contribution is 2.31. The molecular weight excluding hydrogens is 408 g/mol. The average Bonchev–Trinajstić information content (AvgIpc) is 2.67. The Kier molecular flexibility index (Phi) is 7.83. The van der Waals surface area contributed by atoms with Gasteiger partial charge in [-0.05, 0) is 51.5 Å². The Labute approximate surface area is 180 Å². The first-order valence-electron chi connectivity index (χ1n) is 9.31. The Hall–Kier alpha value is -3.06. The molecule has 0 aliphatic heterocycles. The Morgan fingerprint density at radius 2 is 1.67 bits per heavy atom. The first-order chi connectivity index (χ1) is 14.1. The second kappa shape index (κ2) is 10.1. The zero-order valence-corrected chi connectivity index (χ0v) is 18.3. The Morgan fingerprint density at radius 1 is 1.03 bits per heavy atom.